The van der Waals surface area contributed by atoms with Crippen molar-refractivity contribution in [3.8, 4) is 5.75 Å². The van der Waals surface area contributed by atoms with Crippen molar-refractivity contribution in [3.63, 3.8) is 0 Å². The van der Waals surface area contributed by atoms with Gasteiger partial charge in [0.2, 0.25) is 0 Å². The number of rotatable bonds is 8. The Bertz CT molecular complexity index is 520. The molecular formula is C20H32N2O3. The fourth-order valence-corrected chi connectivity index (χ4v) is 3.96. The molecule has 0 aromatic heterocycles. The highest BCUT2D eigenvalue weighted by molar-refractivity contribution is 5.27. The molecule has 1 heterocycles. The Morgan fingerprint density at radius 3 is 2.72 bits per heavy atom. The molecule has 0 N–H and O–H groups in total. The lowest BCUT2D eigenvalue weighted by Crippen LogP contribution is -2.50. The van der Waals surface area contributed by atoms with Gasteiger partial charge in [0.15, 0.2) is 0 Å². The second kappa shape index (κ2) is 8.99. The maximum absolute atomic E-state index is 6.15. The Labute approximate surface area is 151 Å². The van der Waals surface area contributed by atoms with Crippen molar-refractivity contribution < 1.29 is 14.2 Å². The molecule has 1 saturated heterocycles. The molecule has 0 spiro atoms. The molecule has 1 aliphatic carbocycles. The van der Waals surface area contributed by atoms with Crippen LogP contribution in [0, 0.1) is 5.92 Å². The summed E-state index contributed by atoms with van der Waals surface area (Å²) >= 11 is 0. The molecule has 2 fully saturated rings. The Kier molecular flexibility index (Phi) is 6.70. The van der Waals surface area contributed by atoms with Crippen molar-refractivity contribution in [3.05, 3.63) is 29.8 Å². The first-order valence-electron chi connectivity index (χ1n) is 9.38. The van der Waals surface area contributed by atoms with Crippen LogP contribution in [0.1, 0.15) is 18.4 Å². The summed E-state index contributed by atoms with van der Waals surface area (Å²) in [5.74, 6) is 1.45. The molecule has 1 saturated carbocycles. The zero-order chi connectivity index (χ0) is 17.6. The van der Waals surface area contributed by atoms with Crippen molar-refractivity contribution in [2.24, 2.45) is 5.92 Å². The number of methoxy groups -OCH3 is 1. The van der Waals surface area contributed by atoms with E-state index in [4.69, 9.17) is 14.2 Å². The molecule has 1 aromatic carbocycles. The van der Waals surface area contributed by atoms with Gasteiger partial charge in [0.25, 0.3) is 0 Å². The van der Waals surface area contributed by atoms with Gasteiger partial charge in [-0.2, -0.15) is 0 Å². The molecule has 1 aromatic rings. The van der Waals surface area contributed by atoms with Crippen molar-refractivity contribution in [2.45, 2.75) is 31.5 Å². The maximum Gasteiger partial charge on any atom is 0.118 e. The predicted molar refractivity (Wildman–Crippen MR) is 99.0 cm³/mol. The number of morpholine rings is 1. The molecule has 0 radical (unpaired) electrons. The van der Waals surface area contributed by atoms with E-state index in [-0.39, 0.29) is 0 Å². The van der Waals surface area contributed by atoms with Crippen LogP contribution in [-0.4, -0.2) is 76.1 Å². The second-order valence-corrected chi connectivity index (χ2v) is 7.44. The van der Waals surface area contributed by atoms with E-state index in [1.54, 1.807) is 7.11 Å². The van der Waals surface area contributed by atoms with Crippen LogP contribution >= 0.6 is 0 Å². The number of fused-ring (bicyclic) bond motifs is 1. The van der Waals surface area contributed by atoms with Gasteiger partial charge in [0.05, 0.1) is 33.0 Å². The van der Waals surface area contributed by atoms with Crippen LogP contribution in [-0.2, 0) is 16.0 Å². The molecule has 0 bridgehead atoms. The van der Waals surface area contributed by atoms with E-state index < -0.39 is 0 Å². The van der Waals surface area contributed by atoms with Gasteiger partial charge in [0, 0.05) is 31.6 Å². The van der Waals surface area contributed by atoms with Gasteiger partial charge < -0.3 is 19.1 Å². The summed E-state index contributed by atoms with van der Waals surface area (Å²) in [5.41, 5.74) is 1.34. The van der Waals surface area contributed by atoms with E-state index in [0.717, 1.165) is 45.2 Å². The van der Waals surface area contributed by atoms with E-state index in [1.165, 1.54) is 18.4 Å². The first-order valence-corrected chi connectivity index (χ1v) is 9.38. The van der Waals surface area contributed by atoms with E-state index in [9.17, 15) is 0 Å². The lowest BCUT2D eigenvalue weighted by Gasteiger charge is -2.39. The van der Waals surface area contributed by atoms with Crippen molar-refractivity contribution >= 4 is 0 Å². The third-order valence-electron chi connectivity index (χ3n) is 5.39. The third kappa shape index (κ3) is 4.94. The summed E-state index contributed by atoms with van der Waals surface area (Å²) in [6, 6.07) is 8.95. The number of hydrogen-bond donors (Lipinski definition) is 0. The van der Waals surface area contributed by atoms with Crippen LogP contribution in [0.3, 0.4) is 0 Å². The Morgan fingerprint density at radius 2 is 2.00 bits per heavy atom. The van der Waals surface area contributed by atoms with Gasteiger partial charge in [-0.15, -0.1) is 0 Å². The van der Waals surface area contributed by atoms with Gasteiger partial charge in [0.1, 0.15) is 5.75 Å². The van der Waals surface area contributed by atoms with E-state index >= 15 is 0 Å². The predicted octanol–water partition coefficient (Wildman–Crippen LogP) is 2.25. The van der Waals surface area contributed by atoms with Crippen LogP contribution in [0.25, 0.3) is 0 Å². The summed E-state index contributed by atoms with van der Waals surface area (Å²) in [4.78, 5) is 4.75. The number of likely N-dealkylation sites (N-methyl/N-ethyl adjacent to an activating group) is 1. The number of hydrogen-bond acceptors (Lipinski definition) is 5. The van der Waals surface area contributed by atoms with Gasteiger partial charge >= 0.3 is 0 Å². The average molecular weight is 348 g/mol. The molecular weight excluding hydrogens is 316 g/mol. The van der Waals surface area contributed by atoms with Crippen molar-refractivity contribution in [1.82, 2.24) is 9.80 Å². The summed E-state index contributed by atoms with van der Waals surface area (Å²) < 4.78 is 17.3. The summed E-state index contributed by atoms with van der Waals surface area (Å²) in [5, 5.41) is 0. The molecule has 3 rings (SSSR count). The molecule has 25 heavy (non-hydrogen) atoms. The zero-order valence-electron chi connectivity index (χ0n) is 15.8. The highest BCUT2D eigenvalue weighted by Gasteiger charge is 2.42. The van der Waals surface area contributed by atoms with Gasteiger partial charge in [-0.1, -0.05) is 12.1 Å². The van der Waals surface area contributed by atoms with E-state index in [0.29, 0.717) is 18.1 Å². The van der Waals surface area contributed by atoms with Crippen LogP contribution in [0.4, 0.5) is 0 Å². The minimum atomic E-state index is 0.325. The Hall–Kier alpha value is -1.14. The smallest absolute Gasteiger partial charge is 0.118 e. The Balaban J connectivity index is 1.52. The van der Waals surface area contributed by atoms with Crippen LogP contribution < -0.4 is 4.74 Å². The van der Waals surface area contributed by atoms with Crippen LogP contribution in [0.15, 0.2) is 24.3 Å². The normalized spacial score (nSPS) is 26.8. The van der Waals surface area contributed by atoms with Crippen LogP contribution in [0.5, 0.6) is 5.75 Å². The average Bonchev–Trinajstić information content (AvgIpc) is 3.03. The lowest BCUT2D eigenvalue weighted by molar-refractivity contribution is -0.0883. The standard InChI is InChI=1S/C20H32N2O3/c1-21(2)10-12-24-15-17-6-9-19-20(17)25-13-11-22(19)14-16-4-7-18(23-3)8-5-16/h4-5,7-8,17,19-20H,6,9-15H2,1-3H3/t17-,19+,20-/m1/s1. The monoisotopic (exact) mass is 348 g/mol. The molecule has 1 aliphatic heterocycles. The number of ether oxygens (including phenoxy) is 3. The third-order valence-corrected chi connectivity index (χ3v) is 5.39. The fraction of sp³-hybridized carbons (Fsp3) is 0.700. The molecule has 3 atom stereocenters. The molecule has 140 valence electrons. The highest BCUT2D eigenvalue weighted by Crippen LogP contribution is 2.35. The maximum atomic E-state index is 6.15. The number of benzene rings is 1. The minimum absolute atomic E-state index is 0.325. The molecule has 5 nitrogen and oxygen atoms in total. The topological polar surface area (TPSA) is 34.2 Å². The second-order valence-electron chi connectivity index (χ2n) is 7.44. The summed E-state index contributed by atoms with van der Waals surface area (Å²) in [6.45, 7) is 5.43. The molecule has 2 aliphatic rings. The van der Waals surface area contributed by atoms with Crippen molar-refractivity contribution in [2.75, 3.05) is 54.1 Å². The van der Waals surface area contributed by atoms with Gasteiger partial charge in [-0.05, 0) is 44.6 Å². The van der Waals surface area contributed by atoms with E-state index in [1.807, 2.05) is 12.1 Å². The quantitative estimate of drug-likeness (QED) is 0.673. The largest absolute Gasteiger partial charge is 0.497 e. The highest BCUT2D eigenvalue weighted by atomic mass is 16.5. The zero-order valence-corrected chi connectivity index (χ0v) is 15.8. The molecule has 5 heteroatoms. The minimum Gasteiger partial charge on any atom is -0.497 e. The van der Waals surface area contributed by atoms with E-state index in [2.05, 4.69) is 36.0 Å². The molecule has 0 amide bonds. The first-order chi connectivity index (χ1) is 12.2. The Morgan fingerprint density at radius 1 is 1.20 bits per heavy atom. The lowest BCUT2D eigenvalue weighted by atomic mass is 10.0. The van der Waals surface area contributed by atoms with Crippen molar-refractivity contribution in [1.29, 1.82) is 0 Å². The SMILES string of the molecule is COc1ccc(CN2CCO[C@@H]3[C@@H](COCCN(C)C)CC[C@@H]32)cc1. The summed E-state index contributed by atoms with van der Waals surface area (Å²) in [7, 11) is 5.87. The fourth-order valence-electron chi connectivity index (χ4n) is 3.96. The van der Waals surface area contributed by atoms with Gasteiger partial charge in [-0.25, -0.2) is 0 Å². The van der Waals surface area contributed by atoms with Crippen LogP contribution in [0.2, 0.25) is 0 Å². The first kappa shape index (κ1) is 18.6. The molecule has 0 unspecified atom stereocenters. The summed E-state index contributed by atoms with van der Waals surface area (Å²) in [6.07, 6.45) is 2.74. The number of nitrogens with zero attached hydrogens (tertiary/aromatic N) is 2. The van der Waals surface area contributed by atoms with Gasteiger partial charge in [-0.3, -0.25) is 4.90 Å².